The number of rotatable bonds is 6. The van der Waals surface area contributed by atoms with Crippen molar-refractivity contribution in [1.82, 2.24) is 0 Å². The van der Waals surface area contributed by atoms with E-state index in [1.54, 1.807) is 0 Å². The minimum atomic E-state index is -0.971. The van der Waals surface area contributed by atoms with Crippen molar-refractivity contribution in [3.8, 4) is 18.4 Å². The van der Waals surface area contributed by atoms with Crippen molar-refractivity contribution in [2.24, 2.45) is 17.8 Å². The topological polar surface area (TPSA) is 76.4 Å². The van der Waals surface area contributed by atoms with Gasteiger partial charge in [-0.15, -0.1) is 6.42 Å². The third kappa shape index (κ3) is 5.28. The molecule has 0 unspecified atom stereocenters. The van der Waals surface area contributed by atoms with Crippen LogP contribution in [0.2, 0.25) is 0 Å². The van der Waals surface area contributed by atoms with Gasteiger partial charge in [0.1, 0.15) is 0 Å². The van der Waals surface area contributed by atoms with Crippen LogP contribution in [0.1, 0.15) is 52.9 Å². The highest BCUT2D eigenvalue weighted by molar-refractivity contribution is 5.67. The SMILES string of the molecule is C#C[C@]1(OC(C)=O)C[C@H](C)C[C@@H](CC#N)[C@H]1CCCOC(C)=O. The summed E-state index contributed by atoms with van der Waals surface area (Å²) in [5.74, 6) is 2.25. The van der Waals surface area contributed by atoms with Crippen LogP contribution in [0.3, 0.4) is 0 Å². The third-order valence-electron chi connectivity index (χ3n) is 4.41. The van der Waals surface area contributed by atoms with E-state index in [0.29, 0.717) is 32.3 Å². The van der Waals surface area contributed by atoms with Crippen molar-refractivity contribution >= 4 is 11.9 Å². The lowest BCUT2D eigenvalue weighted by Crippen LogP contribution is -2.49. The molecule has 23 heavy (non-hydrogen) atoms. The molecule has 4 atom stereocenters. The van der Waals surface area contributed by atoms with Gasteiger partial charge in [-0.05, 0) is 31.1 Å². The molecule has 0 aromatic heterocycles. The van der Waals surface area contributed by atoms with E-state index >= 15 is 0 Å². The van der Waals surface area contributed by atoms with Crippen molar-refractivity contribution in [3.05, 3.63) is 0 Å². The molecular weight excluding hydrogens is 294 g/mol. The average Bonchev–Trinajstić information content (AvgIpc) is 2.44. The number of terminal acetylenes is 1. The second-order valence-corrected chi connectivity index (χ2v) is 6.38. The molecule has 0 saturated heterocycles. The van der Waals surface area contributed by atoms with Gasteiger partial charge < -0.3 is 9.47 Å². The first-order valence-electron chi connectivity index (χ1n) is 8.02. The van der Waals surface area contributed by atoms with E-state index in [0.717, 1.165) is 6.42 Å². The van der Waals surface area contributed by atoms with Crippen LogP contribution in [0.15, 0.2) is 0 Å². The predicted molar refractivity (Wildman–Crippen MR) is 84.8 cm³/mol. The molecule has 0 amide bonds. The molecule has 0 aromatic carbocycles. The highest BCUT2D eigenvalue weighted by Crippen LogP contribution is 2.46. The lowest BCUT2D eigenvalue weighted by Gasteiger charge is -2.46. The number of nitriles is 1. The average molecular weight is 319 g/mol. The fourth-order valence-corrected chi connectivity index (χ4v) is 3.71. The highest BCUT2D eigenvalue weighted by atomic mass is 16.6. The maximum absolute atomic E-state index is 11.6. The van der Waals surface area contributed by atoms with E-state index in [2.05, 4.69) is 18.9 Å². The van der Waals surface area contributed by atoms with Crippen molar-refractivity contribution in [1.29, 1.82) is 5.26 Å². The fraction of sp³-hybridized carbons (Fsp3) is 0.722. The molecule has 1 saturated carbocycles. The summed E-state index contributed by atoms with van der Waals surface area (Å²) < 4.78 is 10.5. The lowest BCUT2D eigenvalue weighted by atomic mass is 9.63. The lowest BCUT2D eigenvalue weighted by molar-refractivity contribution is -0.164. The standard InChI is InChI=1S/C18H25NO4/c1-5-18(23-15(4)21)12-13(2)11-16(8-9-19)17(18)7-6-10-22-14(3)20/h1,13,16-17H,6-8,10-12H2,2-4H3/t13-,16-,17-,18+/m1/s1. The number of hydrogen-bond donors (Lipinski definition) is 0. The molecule has 5 heteroatoms. The van der Waals surface area contributed by atoms with Crippen LogP contribution in [0, 0.1) is 41.4 Å². The van der Waals surface area contributed by atoms with Gasteiger partial charge in [-0.25, -0.2) is 0 Å². The van der Waals surface area contributed by atoms with Gasteiger partial charge in [0.2, 0.25) is 0 Å². The Balaban J connectivity index is 2.95. The molecule has 1 fully saturated rings. The van der Waals surface area contributed by atoms with Crippen LogP contribution in [0.4, 0.5) is 0 Å². The molecular formula is C18H25NO4. The van der Waals surface area contributed by atoms with Gasteiger partial charge in [-0.1, -0.05) is 12.8 Å². The molecule has 5 nitrogen and oxygen atoms in total. The largest absolute Gasteiger partial charge is 0.466 e. The fourth-order valence-electron chi connectivity index (χ4n) is 3.71. The van der Waals surface area contributed by atoms with Crippen LogP contribution >= 0.6 is 0 Å². The molecule has 126 valence electrons. The van der Waals surface area contributed by atoms with Crippen molar-refractivity contribution in [2.75, 3.05) is 6.61 Å². The second kappa shape index (κ2) is 8.58. The number of ether oxygens (including phenoxy) is 2. The van der Waals surface area contributed by atoms with E-state index in [1.807, 2.05) is 0 Å². The van der Waals surface area contributed by atoms with E-state index in [4.69, 9.17) is 21.2 Å². The molecule has 0 radical (unpaired) electrons. The normalized spacial score (nSPS) is 29.9. The van der Waals surface area contributed by atoms with E-state index in [-0.39, 0.29) is 23.7 Å². The smallest absolute Gasteiger partial charge is 0.304 e. The van der Waals surface area contributed by atoms with Gasteiger partial charge in [0.25, 0.3) is 0 Å². The molecule has 0 spiro atoms. The first-order valence-corrected chi connectivity index (χ1v) is 8.02. The first-order chi connectivity index (χ1) is 10.8. The minimum Gasteiger partial charge on any atom is -0.466 e. The number of carbonyl (C=O) groups excluding carboxylic acids is 2. The Morgan fingerprint density at radius 1 is 1.35 bits per heavy atom. The van der Waals surface area contributed by atoms with Crippen molar-refractivity contribution in [3.63, 3.8) is 0 Å². The van der Waals surface area contributed by atoms with Gasteiger partial charge in [0.05, 0.1) is 12.7 Å². The maximum atomic E-state index is 11.6. The Bertz CT molecular complexity index is 516. The van der Waals surface area contributed by atoms with E-state index < -0.39 is 11.6 Å². The van der Waals surface area contributed by atoms with Gasteiger partial charge in [0.15, 0.2) is 5.60 Å². The van der Waals surface area contributed by atoms with Crippen LogP contribution < -0.4 is 0 Å². The van der Waals surface area contributed by atoms with E-state index in [1.165, 1.54) is 13.8 Å². The summed E-state index contributed by atoms with van der Waals surface area (Å²) in [6.45, 7) is 5.09. The van der Waals surface area contributed by atoms with Gasteiger partial charge >= 0.3 is 11.9 Å². The third-order valence-corrected chi connectivity index (χ3v) is 4.41. The monoisotopic (exact) mass is 319 g/mol. The zero-order valence-electron chi connectivity index (χ0n) is 14.1. The van der Waals surface area contributed by atoms with Crippen molar-refractivity contribution in [2.45, 2.75) is 58.5 Å². The van der Waals surface area contributed by atoms with Crippen molar-refractivity contribution < 1.29 is 19.1 Å². The van der Waals surface area contributed by atoms with Crippen LogP contribution in [-0.2, 0) is 19.1 Å². The first kappa shape index (κ1) is 19.0. The number of hydrogen-bond acceptors (Lipinski definition) is 5. The summed E-state index contributed by atoms with van der Waals surface area (Å²) in [7, 11) is 0. The summed E-state index contributed by atoms with van der Waals surface area (Å²) in [6.07, 6.45) is 8.91. The summed E-state index contributed by atoms with van der Waals surface area (Å²) in [6, 6.07) is 2.22. The Labute approximate surface area is 138 Å². The Hall–Kier alpha value is -2.01. The summed E-state index contributed by atoms with van der Waals surface area (Å²) in [5, 5.41) is 9.11. The Morgan fingerprint density at radius 2 is 2.04 bits per heavy atom. The van der Waals surface area contributed by atoms with Crippen LogP contribution in [0.5, 0.6) is 0 Å². The van der Waals surface area contributed by atoms with Gasteiger partial charge in [0, 0.05) is 32.6 Å². The van der Waals surface area contributed by atoms with Crippen LogP contribution in [0.25, 0.3) is 0 Å². The number of esters is 2. The Morgan fingerprint density at radius 3 is 2.57 bits per heavy atom. The molecule has 0 N–H and O–H groups in total. The number of nitrogens with zero attached hydrogens (tertiary/aromatic N) is 1. The summed E-state index contributed by atoms with van der Waals surface area (Å²) in [4.78, 5) is 22.4. The van der Waals surface area contributed by atoms with Gasteiger partial charge in [-0.3, -0.25) is 9.59 Å². The van der Waals surface area contributed by atoms with E-state index in [9.17, 15) is 9.59 Å². The zero-order valence-corrected chi connectivity index (χ0v) is 14.1. The summed E-state index contributed by atoms with van der Waals surface area (Å²) >= 11 is 0. The summed E-state index contributed by atoms with van der Waals surface area (Å²) in [5.41, 5.74) is -0.971. The predicted octanol–water partition coefficient (Wildman–Crippen LogP) is 2.84. The highest BCUT2D eigenvalue weighted by Gasteiger charge is 2.48. The minimum absolute atomic E-state index is 0.0801. The zero-order chi connectivity index (χ0) is 17.5. The molecule has 0 heterocycles. The maximum Gasteiger partial charge on any atom is 0.304 e. The van der Waals surface area contributed by atoms with Gasteiger partial charge in [-0.2, -0.15) is 5.26 Å². The second-order valence-electron chi connectivity index (χ2n) is 6.38. The molecule has 0 aromatic rings. The van der Waals surface area contributed by atoms with Crippen LogP contribution in [-0.4, -0.2) is 24.1 Å². The molecule has 1 aliphatic rings. The number of carbonyl (C=O) groups is 2. The molecule has 1 rings (SSSR count). The quantitative estimate of drug-likeness (QED) is 0.427. The molecule has 0 bridgehead atoms. The molecule has 1 aliphatic carbocycles. The Kier molecular flexibility index (Phi) is 7.10. The molecule has 0 aliphatic heterocycles.